The largest absolute Gasteiger partial charge is 0.329 e. The second kappa shape index (κ2) is 5.06. The molecule has 0 aliphatic rings. The van der Waals surface area contributed by atoms with Crippen molar-refractivity contribution in [2.75, 3.05) is 0 Å². The number of aromatic nitrogens is 2. The standard InChI is InChI=1S/C16H15ClN2/c1-12-16(9-17)19(11-18-12)10-13-6-7-14-4-2-3-5-15(14)8-13/h2-8,11H,9-10H2,1H3. The third-order valence-electron chi connectivity index (χ3n) is 3.45. The van der Waals surface area contributed by atoms with Crippen molar-refractivity contribution in [3.8, 4) is 0 Å². The highest BCUT2D eigenvalue weighted by atomic mass is 35.5. The molecule has 3 heteroatoms. The van der Waals surface area contributed by atoms with Crippen molar-refractivity contribution in [1.29, 1.82) is 0 Å². The van der Waals surface area contributed by atoms with Crippen molar-refractivity contribution in [3.63, 3.8) is 0 Å². The zero-order valence-corrected chi connectivity index (χ0v) is 11.6. The molecule has 0 unspecified atom stereocenters. The molecule has 0 spiro atoms. The van der Waals surface area contributed by atoms with Crippen LogP contribution >= 0.6 is 11.6 Å². The first-order valence-corrected chi connectivity index (χ1v) is 6.85. The predicted octanol–water partition coefficient (Wildman–Crippen LogP) is 4.13. The van der Waals surface area contributed by atoms with Crippen LogP contribution in [-0.4, -0.2) is 9.55 Å². The summed E-state index contributed by atoms with van der Waals surface area (Å²) in [4.78, 5) is 4.32. The minimum atomic E-state index is 0.499. The Balaban J connectivity index is 1.96. The summed E-state index contributed by atoms with van der Waals surface area (Å²) in [5.74, 6) is 0.499. The zero-order valence-electron chi connectivity index (χ0n) is 10.8. The van der Waals surface area contributed by atoms with Crippen LogP contribution in [0, 0.1) is 6.92 Å². The summed E-state index contributed by atoms with van der Waals surface area (Å²) in [7, 11) is 0. The maximum absolute atomic E-state index is 5.98. The number of hydrogen-bond acceptors (Lipinski definition) is 1. The molecule has 96 valence electrons. The number of aryl methyl sites for hydroxylation is 1. The van der Waals surface area contributed by atoms with Crippen LogP contribution in [0.2, 0.25) is 0 Å². The van der Waals surface area contributed by atoms with Crippen LogP contribution in [0.1, 0.15) is 17.0 Å². The van der Waals surface area contributed by atoms with Crippen molar-refractivity contribution < 1.29 is 0 Å². The molecule has 0 atom stereocenters. The third-order valence-corrected chi connectivity index (χ3v) is 3.70. The van der Waals surface area contributed by atoms with E-state index in [9.17, 15) is 0 Å². The highest BCUT2D eigenvalue weighted by Crippen LogP contribution is 2.18. The normalized spacial score (nSPS) is 11.1. The molecule has 0 aliphatic carbocycles. The highest BCUT2D eigenvalue weighted by Gasteiger charge is 2.06. The van der Waals surface area contributed by atoms with Gasteiger partial charge in [0.1, 0.15) is 0 Å². The van der Waals surface area contributed by atoms with E-state index in [2.05, 4.69) is 52.0 Å². The first kappa shape index (κ1) is 12.2. The molecule has 1 aromatic heterocycles. The van der Waals surface area contributed by atoms with Gasteiger partial charge in [-0.2, -0.15) is 0 Å². The fourth-order valence-corrected chi connectivity index (χ4v) is 2.70. The lowest BCUT2D eigenvalue weighted by Crippen LogP contribution is -2.02. The van der Waals surface area contributed by atoms with Gasteiger partial charge < -0.3 is 4.57 Å². The second-order valence-corrected chi connectivity index (χ2v) is 4.99. The maximum atomic E-state index is 5.98. The van der Waals surface area contributed by atoms with Crippen molar-refractivity contribution >= 4 is 22.4 Å². The molecule has 2 aromatic carbocycles. The highest BCUT2D eigenvalue weighted by molar-refractivity contribution is 6.17. The monoisotopic (exact) mass is 270 g/mol. The topological polar surface area (TPSA) is 17.8 Å². The Bertz CT molecular complexity index is 716. The average Bonchev–Trinajstić information content (AvgIpc) is 2.79. The Kier molecular flexibility index (Phi) is 3.26. The summed E-state index contributed by atoms with van der Waals surface area (Å²) >= 11 is 5.98. The fourth-order valence-electron chi connectivity index (χ4n) is 2.35. The fraction of sp³-hybridized carbons (Fsp3) is 0.188. The average molecular weight is 271 g/mol. The van der Waals surface area contributed by atoms with E-state index in [0.717, 1.165) is 17.9 Å². The molecule has 0 N–H and O–H groups in total. The lowest BCUT2D eigenvalue weighted by molar-refractivity contribution is 0.764. The molecule has 0 saturated carbocycles. The van der Waals surface area contributed by atoms with Crippen LogP contribution in [0.5, 0.6) is 0 Å². The molecule has 3 rings (SSSR count). The number of fused-ring (bicyclic) bond motifs is 1. The van der Waals surface area contributed by atoms with Crippen LogP contribution in [-0.2, 0) is 12.4 Å². The number of imidazole rings is 1. The van der Waals surface area contributed by atoms with E-state index in [-0.39, 0.29) is 0 Å². The molecular formula is C16H15ClN2. The lowest BCUT2D eigenvalue weighted by Gasteiger charge is -2.08. The SMILES string of the molecule is Cc1ncn(Cc2ccc3ccccc3c2)c1CCl. The first-order chi connectivity index (χ1) is 9.28. The predicted molar refractivity (Wildman–Crippen MR) is 79.6 cm³/mol. The van der Waals surface area contributed by atoms with Crippen LogP contribution in [0.15, 0.2) is 48.8 Å². The van der Waals surface area contributed by atoms with Crippen molar-refractivity contribution in [1.82, 2.24) is 9.55 Å². The van der Waals surface area contributed by atoms with E-state index in [1.54, 1.807) is 0 Å². The van der Waals surface area contributed by atoms with Gasteiger partial charge in [0.2, 0.25) is 0 Å². The van der Waals surface area contributed by atoms with E-state index in [0.29, 0.717) is 5.88 Å². The second-order valence-electron chi connectivity index (χ2n) is 4.72. The van der Waals surface area contributed by atoms with Crippen molar-refractivity contribution in [2.45, 2.75) is 19.3 Å². The van der Waals surface area contributed by atoms with Gasteiger partial charge in [0, 0.05) is 6.54 Å². The zero-order chi connectivity index (χ0) is 13.2. The minimum Gasteiger partial charge on any atom is -0.329 e. The Morgan fingerprint density at radius 3 is 2.68 bits per heavy atom. The van der Waals surface area contributed by atoms with E-state index in [4.69, 9.17) is 11.6 Å². The molecule has 0 saturated heterocycles. The molecule has 0 radical (unpaired) electrons. The molecule has 0 aliphatic heterocycles. The molecule has 0 bridgehead atoms. The number of alkyl halides is 1. The number of rotatable bonds is 3. The van der Waals surface area contributed by atoms with E-state index in [1.165, 1.54) is 16.3 Å². The van der Waals surface area contributed by atoms with E-state index < -0.39 is 0 Å². The molecule has 1 heterocycles. The maximum Gasteiger partial charge on any atom is 0.0955 e. The molecule has 0 fully saturated rings. The first-order valence-electron chi connectivity index (χ1n) is 6.32. The number of hydrogen-bond donors (Lipinski definition) is 0. The molecule has 3 aromatic rings. The van der Waals surface area contributed by atoms with Gasteiger partial charge in [-0.15, -0.1) is 11.6 Å². The van der Waals surface area contributed by atoms with Crippen LogP contribution in [0.3, 0.4) is 0 Å². The number of halogens is 1. The van der Waals surface area contributed by atoms with E-state index in [1.807, 2.05) is 13.3 Å². The Labute approximate surface area is 117 Å². The quantitative estimate of drug-likeness (QED) is 0.654. The lowest BCUT2D eigenvalue weighted by atomic mass is 10.1. The minimum absolute atomic E-state index is 0.499. The van der Waals surface area contributed by atoms with Gasteiger partial charge >= 0.3 is 0 Å². The molecule has 19 heavy (non-hydrogen) atoms. The van der Waals surface area contributed by atoms with Crippen LogP contribution < -0.4 is 0 Å². The number of benzene rings is 2. The molecular weight excluding hydrogens is 256 g/mol. The van der Waals surface area contributed by atoms with Gasteiger partial charge in [-0.05, 0) is 29.3 Å². The van der Waals surface area contributed by atoms with Gasteiger partial charge in [-0.25, -0.2) is 4.98 Å². The third kappa shape index (κ3) is 2.36. The summed E-state index contributed by atoms with van der Waals surface area (Å²) < 4.78 is 2.12. The van der Waals surface area contributed by atoms with Gasteiger partial charge in [0.15, 0.2) is 0 Å². The van der Waals surface area contributed by atoms with Gasteiger partial charge in [-0.3, -0.25) is 0 Å². The summed E-state index contributed by atoms with van der Waals surface area (Å²) in [6, 6.07) is 14.9. The summed E-state index contributed by atoms with van der Waals surface area (Å²) in [6.45, 7) is 2.81. The van der Waals surface area contributed by atoms with E-state index >= 15 is 0 Å². The van der Waals surface area contributed by atoms with Crippen LogP contribution in [0.25, 0.3) is 10.8 Å². The summed E-state index contributed by atoms with van der Waals surface area (Å²) in [6.07, 6.45) is 1.86. The summed E-state index contributed by atoms with van der Waals surface area (Å²) in [5.41, 5.74) is 3.37. The van der Waals surface area contributed by atoms with Gasteiger partial charge in [0.05, 0.1) is 23.6 Å². The Hall–Kier alpha value is -1.80. The van der Waals surface area contributed by atoms with Gasteiger partial charge in [0.25, 0.3) is 0 Å². The Morgan fingerprint density at radius 1 is 1.11 bits per heavy atom. The van der Waals surface area contributed by atoms with Crippen LogP contribution in [0.4, 0.5) is 0 Å². The number of nitrogens with zero attached hydrogens (tertiary/aromatic N) is 2. The molecule has 0 amide bonds. The van der Waals surface area contributed by atoms with Crippen molar-refractivity contribution in [2.24, 2.45) is 0 Å². The Morgan fingerprint density at radius 2 is 1.89 bits per heavy atom. The van der Waals surface area contributed by atoms with Gasteiger partial charge in [-0.1, -0.05) is 36.4 Å². The smallest absolute Gasteiger partial charge is 0.0955 e. The van der Waals surface area contributed by atoms with Crippen molar-refractivity contribution in [3.05, 3.63) is 65.7 Å². The summed E-state index contributed by atoms with van der Waals surface area (Å²) in [5, 5.41) is 2.54. The molecule has 2 nitrogen and oxygen atoms in total.